The number of rotatable bonds is 7. The number of thiophene rings is 1. The van der Waals surface area contributed by atoms with Crippen molar-refractivity contribution in [1.29, 1.82) is 0 Å². The fourth-order valence-electron chi connectivity index (χ4n) is 2.86. The van der Waals surface area contributed by atoms with Crippen LogP contribution in [0.25, 0.3) is 0 Å². The van der Waals surface area contributed by atoms with E-state index in [2.05, 4.69) is 4.90 Å². The molecule has 0 bridgehead atoms. The van der Waals surface area contributed by atoms with Crippen molar-refractivity contribution in [3.05, 3.63) is 96.3 Å². The number of hydrogen-bond donors (Lipinski definition) is 0. The summed E-state index contributed by atoms with van der Waals surface area (Å²) in [4.78, 5) is 13.8. The first-order valence-corrected chi connectivity index (χ1v) is 9.93. The van der Waals surface area contributed by atoms with E-state index < -0.39 is 0 Å². The van der Waals surface area contributed by atoms with E-state index in [0.717, 1.165) is 27.6 Å². The van der Waals surface area contributed by atoms with Crippen LogP contribution in [0.1, 0.15) is 21.6 Å². The van der Waals surface area contributed by atoms with Crippen LogP contribution in [0.2, 0.25) is 10.0 Å². The van der Waals surface area contributed by atoms with Gasteiger partial charge in [0.15, 0.2) is 0 Å². The standard InChI is InChI=1S/C20H18Cl2N2O2S.ClH/c1-14-10-18(22)7-4-16(14)12-23(11-15-2-5-17(21)6-3-15)13-19-8-9-20(27-19)24(25)26;/h2-10H,11-13H2,1H3;1H. The van der Waals surface area contributed by atoms with Gasteiger partial charge in [-0.2, -0.15) is 0 Å². The van der Waals surface area contributed by atoms with Gasteiger partial charge in [0.05, 0.1) is 4.92 Å². The Morgan fingerprint density at radius 3 is 2.25 bits per heavy atom. The summed E-state index contributed by atoms with van der Waals surface area (Å²) in [5.41, 5.74) is 3.44. The summed E-state index contributed by atoms with van der Waals surface area (Å²) in [5, 5.41) is 12.6. The smallest absolute Gasteiger partial charge is 0.290 e. The van der Waals surface area contributed by atoms with Gasteiger partial charge in [-0.05, 0) is 53.9 Å². The first-order chi connectivity index (χ1) is 12.9. The highest BCUT2D eigenvalue weighted by atomic mass is 35.5. The monoisotopic (exact) mass is 456 g/mol. The third-order valence-electron chi connectivity index (χ3n) is 4.22. The van der Waals surface area contributed by atoms with Gasteiger partial charge in [0.25, 0.3) is 0 Å². The van der Waals surface area contributed by atoms with Crippen molar-refractivity contribution >= 4 is 51.9 Å². The Hall–Kier alpha value is -1.63. The fourth-order valence-corrected chi connectivity index (χ4v) is 4.08. The van der Waals surface area contributed by atoms with Crippen LogP contribution in [0.5, 0.6) is 0 Å². The molecule has 3 rings (SSSR count). The predicted octanol–water partition coefficient (Wildman–Crippen LogP) is 6.90. The van der Waals surface area contributed by atoms with Crippen LogP contribution in [0, 0.1) is 17.0 Å². The molecular weight excluding hydrogens is 439 g/mol. The first kappa shape index (κ1) is 22.7. The van der Waals surface area contributed by atoms with Crippen LogP contribution in [-0.2, 0) is 19.6 Å². The quantitative estimate of drug-likeness (QED) is 0.286. The maximum atomic E-state index is 11.0. The van der Waals surface area contributed by atoms with Crippen LogP contribution in [0.15, 0.2) is 54.6 Å². The van der Waals surface area contributed by atoms with Crippen LogP contribution in [0.4, 0.5) is 5.00 Å². The highest BCUT2D eigenvalue weighted by Crippen LogP contribution is 2.27. The SMILES string of the molecule is Cc1cc(Cl)ccc1CN(Cc1ccc(Cl)cc1)Cc1ccc([N+](=O)[O-])s1.Cl. The molecule has 0 radical (unpaired) electrons. The Labute approximate surface area is 184 Å². The molecule has 0 fully saturated rings. The zero-order valence-corrected chi connectivity index (χ0v) is 18.2. The summed E-state index contributed by atoms with van der Waals surface area (Å²) in [6.45, 7) is 4.10. The summed E-state index contributed by atoms with van der Waals surface area (Å²) in [6.07, 6.45) is 0. The largest absolute Gasteiger partial charge is 0.324 e. The molecule has 0 amide bonds. The van der Waals surface area contributed by atoms with E-state index >= 15 is 0 Å². The van der Waals surface area contributed by atoms with Gasteiger partial charge < -0.3 is 0 Å². The van der Waals surface area contributed by atoms with Gasteiger partial charge in [0, 0.05) is 40.6 Å². The minimum Gasteiger partial charge on any atom is -0.290 e. The van der Waals surface area contributed by atoms with Crippen LogP contribution in [-0.4, -0.2) is 9.82 Å². The van der Waals surface area contributed by atoms with Gasteiger partial charge in [0.1, 0.15) is 0 Å². The van der Waals surface area contributed by atoms with Crippen molar-refractivity contribution in [1.82, 2.24) is 4.90 Å². The lowest BCUT2D eigenvalue weighted by Crippen LogP contribution is -2.22. The van der Waals surface area contributed by atoms with E-state index in [1.54, 1.807) is 6.07 Å². The summed E-state index contributed by atoms with van der Waals surface area (Å²) < 4.78 is 0. The second-order valence-electron chi connectivity index (χ2n) is 6.34. The molecule has 0 saturated heterocycles. The molecule has 3 aromatic rings. The van der Waals surface area contributed by atoms with Gasteiger partial charge in [-0.25, -0.2) is 0 Å². The predicted molar refractivity (Wildman–Crippen MR) is 119 cm³/mol. The number of benzene rings is 2. The third kappa shape index (κ3) is 6.19. The molecule has 0 aliphatic heterocycles. The van der Waals surface area contributed by atoms with Gasteiger partial charge >= 0.3 is 5.00 Å². The highest BCUT2D eigenvalue weighted by molar-refractivity contribution is 7.15. The summed E-state index contributed by atoms with van der Waals surface area (Å²) in [5.74, 6) is 0. The molecular formula is C20H19Cl3N2O2S. The van der Waals surface area contributed by atoms with Gasteiger partial charge in [-0.3, -0.25) is 15.0 Å². The molecule has 0 saturated carbocycles. The fraction of sp³-hybridized carbons (Fsp3) is 0.200. The third-order valence-corrected chi connectivity index (χ3v) is 5.73. The van der Waals surface area contributed by atoms with Crippen molar-refractivity contribution in [3.63, 3.8) is 0 Å². The van der Waals surface area contributed by atoms with Gasteiger partial charge in [0.2, 0.25) is 0 Å². The van der Waals surface area contributed by atoms with Crippen LogP contribution in [0.3, 0.4) is 0 Å². The number of nitro groups is 1. The second-order valence-corrected chi connectivity index (χ2v) is 8.36. The molecule has 148 valence electrons. The molecule has 0 spiro atoms. The molecule has 0 atom stereocenters. The lowest BCUT2D eigenvalue weighted by atomic mass is 10.1. The number of nitrogens with zero attached hydrogens (tertiary/aromatic N) is 2. The van der Waals surface area contributed by atoms with Crippen molar-refractivity contribution < 1.29 is 4.92 Å². The van der Waals surface area contributed by atoms with E-state index in [0.29, 0.717) is 18.1 Å². The molecule has 4 nitrogen and oxygen atoms in total. The average molecular weight is 458 g/mol. The molecule has 8 heteroatoms. The Bertz CT molecular complexity index is 945. The maximum absolute atomic E-state index is 11.0. The first-order valence-electron chi connectivity index (χ1n) is 8.35. The van der Waals surface area contributed by atoms with Crippen LogP contribution < -0.4 is 0 Å². The highest BCUT2D eigenvalue weighted by Gasteiger charge is 2.15. The van der Waals surface area contributed by atoms with E-state index in [1.165, 1.54) is 16.9 Å². The zero-order valence-electron chi connectivity index (χ0n) is 15.1. The minimum atomic E-state index is -0.346. The second kappa shape index (κ2) is 10.2. The molecule has 0 aliphatic carbocycles. The number of halogens is 3. The molecule has 28 heavy (non-hydrogen) atoms. The van der Waals surface area contributed by atoms with E-state index in [9.17, 15) is 10.1 Å². The molecule has 1 aromatic heterocycles. The Kier molecular flexibility index (Phi) is 8.28. The maximum Gasteiger partial charge on any atom is 0.324 e. The van der Waals surface area contributed by atoms with E-state index in [-0.39, 0.29) is 22.3 Å². The molecule has 0 unspecified atom stereocenters. The van der Waals surface area contributed by atoms with Gasteiger partial charge in [-0.1, -0.05) is 52.7 Å². The lowest BCUT2D eigenvalue weighted by Gasteiger charge is -2.23. The van der Waals surface area contributed by atoms with E-state index in [4.69, 9.17) is 23.2 Å². The van der Waals surface area contributed by atoms with Crippen molar-refractivity contribution in [2.45, 2.75) is 26.6 Å². The molecule has 1 heterocycles. The number of aryl methyl sites for hydroxylation is 1. The molecule has 0 aliphatic rings. The molecule has 0 N–H and O–H groups in total. The Morgan fingerprint density at radius 2 is 1.64 bits per heavy atom. The normalized spacial score (nSPS) is 10.7. The Balaban J connectivity index is 0.00000280. The summed E-state index contributed by atoms with van der Waals surface area (Å²) in [6, 6.07) is 17.0. The minimum absolute atomic E-state index is 0. The van der Waals surface area contributed by atoms with Crippen LogP contribution >= 0.6 is 46.9 Å². The molecule has 2 aromatic carbocycles. The zero-order chi connectivity index (χ0) is 19.4. The van der Waals surface area contributed by atoms with Crippen molar-refractivity contribution in [3.8, 4) is 0 Å². The topological polar surface area (TPSA) is 46.4 Å². The number of hydrogen-bond acceptors (Lipinski definition) is 4. The summed E-state index contributed by atoms with van der Waals surface area (Å²) in [7, 11) is 0. The Morgan fingerprint density at radius 1 is 0.964 bits per heavy atom. The van der Waals surface area contributed by atoms with Crippen molar-refractivity contribution in [2.75, 3.05) is 0 Å². The summed E-state index contributed by atoms with van der Waals surface area (Å²) >= 11 is 13.3. The van der Waals surface area contributed by atoms with E-state index in [1.807, 2.05) is 55.5 Å². The van der Waals surface area contributed by atoms with Gasteiger partial charge in [-0.15, -0.1) is 12.4 Å². The lowest BCUT2D eigenvalue weighted by molar-refractivity contribution is -0.380. The van der Waals surface area contributed by atoms with Crippen molar-refractivity contribution in [2.24, 2.45) is 0 Å². The average Bonchev–Trinajstić information content (AvgIpc) is 3.08.